The Kier molecular flexibility index (Phi) is 5.73. The van der Waals surface area contributed by atoms with Gasteiger partial charge >= 0.3 is 0 Å². The first-order chi connectivity index (χ1) is 14.3. The zero-order chi connectivity index (χ0) is 20.1. The average Bonchev–Trinajstić information content (AvgIpc) is 3.30. The number of anilines is 2. The Morgan fingerprint density at radius 3 is 2.69 bits per heavy atom. The van der Waals surface area contributed by atoms with Gasteiger partial charge in [-0.1, -0.05) is 6.92 Å². The molecule has 4 rings (SSSR count). The van der Waals surface area contributed by atoms with Gasteiger partial charge in [0.25, 0.3) is 0 Å². The summed E-state index contributed by atoms with van der Waals surface area (Å²) >= 11 is 0. The van der Waals surface area contributed by atoms with Crippen LogP contribution in [0.2, 0.25) is 0 Å². The topological polar surface area (TPSA) is 90.0 Å². The van der Waals surface area contributed by atoms with Gasteiger partial charge in [-0.2, -0.15) is 5.26 Å². The van der Waals surface area contributed by atoms with Gasteiger partial charge in [0, 0.05) is 37.6 Å². The van der Waals surface area contributed by atoms with E-state index in [4.69, 9.17) is 9.40 Å². The zero-order valence-electron chi connectivity index (χ0n) is 16.5. The fraction of sp³-hybridized carbons (Fsp3) is 0.318. The third-order valence-electron chi connectivity index (χ3n) is 5.25. The lowest BCUT2D eigenvalue weighted by atomic mass is 9.95. The number of fused-ring (bicyclic) bond motifs is 1. The minimum Gasteiger partial charge on any atom is -0.467 e. The largest absolute Gasteiger partial charge is 0.467 e. The van der Waals surface area contributed by atoms with E-state index in [-0.39, 0.29) is 0 Å². The molecule has 0 bridgehead atoms. The summed E-state index contributed by atoms with van der Waals surface area (Å²) in [4.78, 5) is 11.2. The highest BCUT2D eigenvalue weighted by molar-refractivity contribution is 5.66. The third kappa shape index (κ3) is 4.23. The lowest BCUT2D eigenvalue weighted by Crippen LogP contribution is -2.32. The van der Waals surface area contributed by atoms with E-state index in [1.807, 2.05) is 24.3 Å². The molecular weight excluding hydrogens is 364 g/mol. The minimum absolute atomic E-state index is 0.550. The number of likely N-dealkylation sites (N-methyl/N-ethyl adjacent to an activating group) is 1. The maximum Gasteiger partial charge on any atom is 0.146 e. The summed E-state index contributed by atoms with van der Waals surface area (Å²) in [5, 5.41) is 16.6. The first kappa shape index (κ1) is 19.0. The monoisotopic (exact) mass is 388 g/mol. The summed E-state index contributed by atoms with van der Waals surface area (Å²) in [6.45, 7) is 6.00. The molecule has 3 aromatic rings. The van der Waals surface area contributed by atoms with Crippen molar-refractivity contribution in [1.82, 2.24) is 14.9 Å². The Hall–Kier alpha value is -3.37. The molecule has 0 aromatic carbocycles. The molecule has 0 unspecified atom stereocenters. The smallest absolute Gasteiger partial charge is 0.146 e. The van der Waals surface area contributed by atoms with Gasteiger partial charge in [-0.3, -0.25) is 9.88 Å². The molecule has 2 N–H and O–H groups in total. The summed E-state index contributed by atoms with van der Waals surface area (Å²) in [6.07, 6.45) is 6.03. The molecule has 3 aromatic heterocycles. The SMILES string of the molecule is CCN1CCc2c(C#N)c(NCc3ccncc3)nc(NCc3ccco3)c2C1. The van der Waals surface area contributed by atoms with Crippen LogP contribution in [0, 0.1) is 11.3 Å². The molecule has 0 radical (unpaired) electrons. The van der Waals surface area contributed by atoms with Crippen LogP contribution in [0.25, 0.3) is 0 Å². The number of aromatic nitrogens is 2. The van der Waals surface area contributed by atoms with E-state index in [9.17, 15) is 5.26 Å². The highest BCUT2D eigenvalue weighted by atomic mass is 16.3. The maximum atomic E-state index is 9.88. The summed E-state index contributed by atoms with van der Waals surface area (Å²) in [5.74, 6) is 2.28. The lowest BCUT2D eigenvalue weighted by Gasteiger charge is -2.30. The minimum atomic E-state index is 0.550. The Bertz CT molecular complexity index is 994. The summed E-state index contributed by atoms with van der Waals surface area (Å²) in [5.41, 5.74) is 3.93. The van der Waals surface area contributed by atoms with Gasteiger partial charge in [0.1, 0.15) is 23.5 Å². The number of hydrogen-bond donors (Lipinski definition) is 2. The van der Waals surface area contributed by atoms with Crippen molar-refractivity contribution in [3.8, 4) is 6.07 Å². The van der Waals surface area contributed by atoms with Crippen molar-refractivity contribution in [3.63, 3.8) is 0 Å². The normalized spacial score (nSPS) is 13.5. The lowest BCUT2D eigenvalue weighted by molar-refractivity contribution is 0.268. The van der Waals surface area contributed by atoms with Crippen LogP contribution in [0.5, 0.6) is 0 Å². The van der Waals surface area contributed by atoms with E-state index in [0.29, 0.717) is 24.5 Å². The fourth-order valence-corrected chi connectivity index (χ4v) is 3.63. The summed E-state index contributed by atoms with van der Waals surface area (Å²) in [7, 11) is 0. The first-order valence-electron chi connectivity index (χ1n) is 9.85. The molecule has 0 amide bonds. The Balaban J connectivity index is 1.66. The van der Waals surface area contributed by atoms with Crippen molar-refractivity contribution in [2.45, 2.75) is 33.0 Å². The van der Waals surface area contributed by atoms with Gasteiger partial charge in [0.15, 0.2) is 0 Å². The molecule has 148 valence electrons. The van der Waals surface area contributed by atoms with Crippen molar-refractivity contribution in [3.05, 3.63) is 70.9 Å². The number of nitriles is 1. The predicted octanol–water partition coefficient (Wildman–Crippen LogP) is 3.54. The number of nitrogens with one attached hydrogen (secondary N) is 2. The number of rotatable bonds is 7. The van der Waals surface area contributed by atoms with Crippen LogP contribution in [0.4, 0.5) is 11.6 Å². The molecule has 0 saturated carbocycles. The van der Waals surface area contributed by atoms with Crippen LogP contribution in [0.15, 0.2) is 47.3 Å². The van der Waals surface area contributed by atoms with E-state index < -0.39 is 0 Å². The maximum absolute atomic E-state index is 9.88. The number of pyridine rings is 2. The van der Waals surface area contributed by atoms with E-state index in [0.717, 1.165) is 54.3 Å². The van der Waals surface area contributed by atoms with Crippen molar-refractivity contribution < 1.29 is 4.42 Å². The van der Waals surface area contributed by atoms with Crippen molar-refractivity contribution in [1.29, 1.82) is 5.26 Å². The second kappa shape index (κ2) is 8.76. The van der Waals surface area contributed by atoms with Crippen molar-refractivity contribution in [2.24, 2.45) is 0 Å². The molecular formula is C22H24N6O. The van der Waals surface area contributed by atoms with Crippen LogP contribution in [0.3, 0.4) is 0 Å². The van der Waals surface area contributed by atoms with E-state index >= 15 is 0 Å². The average molecular weight is 388 g/mol. The van der Waals surface area contributed by atoms with Gasteiger partial charge in [0.2, 0.25) is 0 Å². The van der Waals surface area contributed by atoms with Crippen molar-refractivity contribution >= 4 is 11.6 Å². The molecule has 0 saturated heterocycles. The van der Waals surface area contributed by atoms with E-state index in [1.54, 1.807) is 18.7 Å². The Labute approximate surface area is 170 Å². The van der Waals surface area contributed by atoms with Gasteiger partial charge in [-0.25, -0.2) is 4.98 Å². The molecule has 1 aliphatic heterocycles. The van der Waals surface area contributed by atoms with Gasteiger partial charge in [-0.15, -0.1) is 0 Å². The van der Waals surface area contributed by atoms with Crippen LogP contribution in [-0.2, 0) is 26.1 Å². The molecule has 4 heterocycles. The summed E-state index contributed by atoms with van der Waals surface area (Å²) < 4.78 is 5.45. The fourth-order valence-electron chi connectivity index (χ4n) is 3.63. The Morgan fingerprint density at radius 2 is 1.97 bits per heavy atom. The van der Waals surface area contributed by atoms with Crippen LogP contribution < -0.4 is 10.6 Å². The van der Waals surface area contributed by atoms with Crippen LogP contribution >= 0.6 is 0 Å². The number of hydrogen-bond acceptors (Lipinski definition) is 7. The standard InChI is InChI=1S/C22H24N6O/c1-2-28-10-7-18-19(12-23)21(25-13-16-5-8-24-9-6-16)27-22(20(18)15-28)26-14-17-4-3-11-29-17/h3-6,8-9,11H,2,7,10,13-15H2,1H3,(H2,25,26,27). The Morgan fingerprint density at radius 1 is 1.14 bits per heavy atom. The van der Waals surface area contributed by atoms with Gasteiger partial charge < -0.3 is 15.1 Å². The molecule has 7 nitrogen and oxygen atoms in total. The highest BCUT2D eigenvalue weighted by Gasteiger charge is 2.25. The molecule has 0 aliphatic carbocycles. The van der Waals surface area contributed by atoms with Crippen LogP contribution in [-0.4, -0.2) is 28.0 Å². The first-order valence-corrected chi connectivity index (χ1v) is 9.85. The molecule has 0 spiro atoms. The molecule has 0 atom stereocenters. The third-order valence-corrected chi connectivity index (χ3v) is 5.25. The molecule has 1 aliphatic rings. The van der Waals surface area contributed by atoms with Gasteiger partial charge in [0.05, 0.1) is 18.4 Å². The van der Waals surface area contributed by atoms with Crippen LogP contribution in [0.1, 0.15) is 34.9 Å². The summed E-state index contributed by atoms with van der Waals surface area (Å²) in [6, 6.07) is 10.1. The molecule has 7 heteroatoms. The highest BCUT2D eigenvalue weighted by Crippen LogP contribution is 2.32. The van der Waals surface area contributed by atoms with E-state index in [2.05, 4.69) is 33.5 Å². The molecule has 0 fully saturated rings. The second-order valence-electron chi connectivity index (χ2n) is 7.01. The van der Waals surface area contributed by atoms with Crippen molar-refractivity contribution in [2.75, 3.05) is 23.7 Å². The second-order valence-corrected chi connectivity index (χ2v) is 7.01. The quantitative estimate of drug-likeness (QED) is 0.640. The zero-order valence-corrected chi connectivity index (χ0v) is 16.5. The van der Waals surface area contributed by atoms with E-state index in [1.165, 1.54) is 0 Å². The molecule has 29 heavy (non-hydrogen) atoms. The number of furan rings is 1. The van der Waals surface area contributed by atoms with Gasteiger partial charge in [-0.05, 0) is 48.4 Å². The number of nitrogens with zero attached hydrogens (tertiary/aromatic N) is 4. The predicted molar refractivity (Wildman–Crippen MR) is 111 cm³/mol.